The van der Waals surface area contributed by atoms with Gasteiger partial charge in [-0.1, -0.05) is 6.07 Å². The number of aromatic nitrogens is 2. The summed E-state index contributed by atoms with van der Waals surface area (Å²) in [4.78, 5) is 18.9. The van der Waals surface area contributed by atoms with Gasteiger partial charge in [0.15, 0.2) is 0 Å². The standard InChI is InChI=1S/C18H24N4O3/c1-14-18(6-10-24-14)13-22(9-11-25-18)17(23)19-7-5-15-12-21-8-3-2-4-16(21)20-15/h2-4,8,12,14H,5-7,9-11,13H2,1H3,(H,19,23)/t14-,18-/m1/s1. The predicted octanol–water partition coefficient (Wildman–Crippen LogP) is 1.47. The van der Waals surface area contributed by atoms with E-state index in [2.05, 4.69) is 10.3 Å². The molecule has 0 aromatic carbocycles. The zero-order valence-electron chi connectivity index (χ0n) is 14.5. The van der Waals surface area contributed by atoms with Crippen molar-refractivity contribution in [3.63, 3.8) is 0 Å². The minimum absolute atomic E-state index is 0.0288. The number of hydrogen-bond acceptors (Lipinski definition) is 4. The second-order valence-corrected chi connectivity index (χ2v) is 6.78. The van der Waals surface area contributed by atoms with E-state index < -0.39 is 0 Å². The molecular weight excluding hydrogens is 320 g/mol. The smallest absolute Gasteiger partial charge is 0.317 e. The summed E-state index contributed by atoms with van der Waals surface area (Å²) >= 11 is 0. The van der Waals surface area contributed by atoms with E-state index >= 15 is 0 Å². The van der Waals surface area contributed by atoms with E-state index in [0.29, 0.717) is 39.3 Å². The number of pyridine rings is 1. The van der Waals surface area contributed by atoms with Crippen LogP contribution in [0.4, 0.5) is 4.79 Å². The molecular formula is C18H24N4O3. The molecule has 2 aromatic heterocycles. The van der Waals surface area contributed by atoms with Gasteiger partial charge in [0, 0.05) is 44.9 Å². The van der Waals surface area contributed by atoms with Crippen LogP contribution in [-0.4, -0.2) is 64.9 Å². The Morgan fingerprint density at radius 3 is 3.16 bits per heavy atom. The zero-order chi connectivity index (χ0) is 17.3. The van der Waals surface area contributed by atoms with Gasteiger partial charge in [0.1, 0.15) is 11.2 Å². The molecule has 0 radical (unpaired) electrons. The Kier molecular flexibility index (Phi) is 4.35. The van der Waals surface area contributed by atoms with Crippen LogP contribution in [0, 0.1) is 0 Å². The van der Waals surface area contributed by atoms with Crippen molar-refractivity contribution in [3.8, 4) is 0 Å². The summed E-state index contributed by atoms with van der Waals surface area (Å²) in [6.07, 6.45) is 5.56. The highest BCUT2D eigenvalue weighted by Gasteiger charge is 2.46. The molecule has 134 valence electrons. The molecule has 7 heteroatoms. The minimum Gasteiger partial charge on any atom is -0.375 e. The molecule has 1 N–H and O–H groups in total. The third-order valence-electron chi connectivity index (χ3n) is 5.20. The Bertz CT molecular complexity index is 729. The van der Waals surface area contributed by atoms with Crippen molar-refractivity contribution in [2.24, 2.45) is 0 Å². The average molecular weight is 344 g/mol. The highest BCUT2D eigenvalue weighted by molar-refractivity contribution is 5.74. The molecule has 25 heavy (non-hydrogen) atoms. The number of imidazole rings is 1. The molecule has 2 amide bonds. The molecule has 2 fully saturated rings. The SMILES string of the molecule is C[C@H]1OCC[C@@]12CN(C(=O)NCCc1cn3ccccc3n1)CCO2. The highest BCUT2D eigenvalue weighted by atomic mass is 16.6. The number of nitrogens with one attached hydrogen (secondary N) is 1. The summed E-state index contributed by atoms with van der Waals surface area (Å²) in [5.74, 6) is 0. The number of nitrogens with zero attached hydrogens (tertiary/aromatic N) is 3. The van der Waals surface area contributed by atoms with Crippen molar-refractivity contribution >= 4 is 11.7 Å². The molecule has 0 aliphatic carbocycles. The van der Waals surface area contributed by atoms with Gasteiger partial charge >= 0.3 is 6.03 Å². The maximum atomic E-state index is 12.5. The van der Waals surface area contributed by atoms with Crippen LogP contribution in [0.2, 0.25) is 0 Å². The Morgan fingerprint density at radius 2 is 2.36 bits per heavy atom. The van der Waals surface area contributed by atoms with Crippen LogP contribution in [0.3, 0.4) is 0 Å². The van der Waals surface area contributed by atoms with Crippen LogP contribution in [-0.2, 0) is 15.9 Å². The number of carbonyl (C=O) groups is 1. The zero-order valence-corrected chi connectivity index (χ0v) is 14.5. The summed E-state index contributed by atoms with van der Waals surface area (Å²) < 4.78 is 13.6. The van der Waals surface area contributed by atoms with Crippen molar-refractivity contribution in [3.05, 3.63) is 36.3 Å². The number of fused-ring (bicyclic) bond motifs is 1. The van der Waals surface area contributed by atoms with Gasteiger partial charge in [0.2, 0.25) is 0 Å². The van der Waals surface area contributed by atoms with Gasteiger partial charge in [-0.15, -0.1) is 0 Å². The third kappa shape index (κ3) is 3.21. The fourth-order valence-electron chi connectivity index (χ4n) is 3.66. The van der Waals surface area contributed by atoms with Crippen LogP contribution in [0.15, 0.2) is 30.6 Å². The fraction of sp³-hybridized carbons (Fsp3) is 0.556. The molecule has 1 spiro atoms. The first-order chi connectivity index (χ1) is 12.2. The lowest BCUT2D eigenvalue weighted by Gasteiger charge is -2.41. The highest BCUT2D eigenvalue weighted by Crippen LogP contribution is 2.32. The molecule has 7 nitrogen and oxygen atoms in total. The maximum absolute atomic E-state index is 12.5. The number of ether oxygens (including phenoxy) is 2. The normalized spacial score (nSPS) is 26.4. The topological polar surface area (TPSA) is 68.1 Å². The summed E-state index contributed by atoms with van der Waals surface area (Å²) in [6.45, 7) is 5.07. The van der Waals surface area contributed by atoms with Crippen LogP contribution in [0.25, 0.3) is 5.65 Å². The van der Waals surface area contributed by atoms with E-state index in [0.717, 1.165) is 17.8 Å². The number of carbonyl (C=O) groups excluding carboxylic acids is 1. The maximum Gasteiger partial charge on any atom is 0.317 e. The minimum atomic E-state index is -0.336. The van der Waals surface area contributed by atoms with Gasteiger partial charge in [-0.05, 0) is 19.1 Å². The van der Waals surface area contributed by atoms with Crippen molar-refractivity contribution in [1.29, 1.82) is 0 Å². The predicted molar refractivity (Wildman–Crippen MR) is 92.6 cm³/mol. The molecule has 0 unspecified atom stereocenters. The van der Waals surface area contributed by atoms with Crippen molar-refractivity contribution in [1.82, 2.24) is 19.6 Å². The average Bonchev–Trinajstić information content (AvgIpc) is 3.18. The van der Waals surface area contributed by atoms with Crippen molar-refractivity contribution in [2.45, 2.75) is 31.5 Å². The summed E-state index contributed by atoms with van der Waals surface area (Å²) in [6, 6.07) is 5.88. The monoisotopic (exact) mass is 344 g/mol. The van der Waals surface area contributed by atoms with E-state index in [1.54, 1.807) is 0 Å². The van der Waals surface area contributed by atoms with E-state index in [-0.39, 0.29) is 17.7 Å². The number of amides is 2. The molecule has 0 bridgehead atoms. The largest absolute Gasteiger partial charge is 0.375 e. The summed E-state index contributed by atoms with van der Waals surface area (Å²) in [7, 11) is 0. The van der Waals surface area contributed by atoms with Gasteiger partial charge < -0.3 is 24.1 Å². The number of morpholine rings is 1. The summed E-state index contributed by atoms with van der Waals surface area (Å²) in [5, 5.41) is 3.01. The van der Waals surface area contributed by atoms with Crippen molar-refractivity contribution in [2.75, 3.05) is 32.8 Å². The first-order valence-electron chi connectivity index (χ1n) is 8.87. The molecule has 2 saturated heterocycles. The number of hydrogen-bond donors (Lipinski definition) is 1. The van der Waals surface area contributed by atoms with E-state index in [1.807, 2.05) is 46.8 Å². The Morgan fingerprint density at radius 1 is 1.44 bits per heavy atom. The summed E-state index contributed by atoms with van der Waals surface area (Å²) in [5.41, 5.74) is 1.56. The molecule has 2 aliphatic heterocycles. The van der Waals surface area contributed by atoms with Crippen LogP contribution >= 0.6 is 0 Å². The second kappa shape index (κ2) is 6.65. The Hall–Kier alpha value is -2.12. The van der Waals surface area contributed by atoms with E-state index in [9.17, 15) is 4.79 Å². The molecule has 2 aliphatic rings. The van der Waals surface area contributed by atoms with Gasteiger partial charge in [-0.25, -0.2) is 9.78 Å². The first-order valence-corrected chi connectivity index (χ1v) is 8.87. The number of rotatable bonds is 3. The van der Waals surface area contributed by atoms with Gasteiger partial charge in [-0.3, -0.25) is 0 Å². The van der Waals surface area contributed by atoms with Gasteiger partial charge in [-0.2, -0.15) is 0 Å². The third-order valence-corrected chi connectivity index (χ3v) is 5.20. The first kappa shape index (κ1) is 16.4. The van der Waals surface area contributed by atoms with Crippen molar-refractivity contribution < 1.29 is 14.3 Å². The van der Waals surface area contributed by atoms with Gasteiger partial charge in [0.05, 0.1) is 24.9 Å². The fourth-order valence-corrected chi connectivity index (χ4v) is 3.66. The molecule has 4 rings (SSSR count). The molecule has 2 atom stereocenters. The second-order valence-electron chi connectivity index (χ2n) is 6.78. The quantitative estimate of drug-likeness (QED) is 0.915. The van der Waals surface area contributed by atoms with E-state index in [1.165, 1.54) is 0 Å². The van der Waals surface area contributed by atoms with Gasteiger partial charge in [0.25, 0.3) is 0 Å². The Labute approximate surface area is 146 Å². The van der Waals surface area contributed by atoms with Crippen LogP contribution < -0.4 is 5.32 Å². The Balaban J connectivity index is 1.31. The molecule has 4 heterocycles. The lowest BCUT2D eigenvalue weighted by molar-refractivity contribution is -0.125. The van der Waals surface area contributed by atoms with Crippen LogP contribution in [0.5, 0.6) is 0 Å². The molecule has 0 saturated carbocycles. The van der Waals surface area contributed by atoms with Crippen LogP contribution in [0.1, 0.15) is 19.0 Å². The number of urea groups is 1. The lowest BCUT2D eigenvalue weighted by atomic mass is 9.94. The van der Waals surface area contributed by atoms with E-state index in [4.69, 9.17) is 9.47 Å². The lowest BCUT2D eigenvalue weighted by Crippen LogP contribution is -2.58. The molecule has 2 aromatic rings.